The molecule has 62 heavy (non-hydrogen) atoms. The molecule has 0 saturated heterocycles. The number of nitrogens with one attached hydrogen (secondary N) is 2. The molecule has 1 aliphatic rings. The quantitative estimate of drug-likeness (QED) is 0.0187. The van der Waals surface area contributed by atoms with E-state index in [1.54, 1.807) is 12.1 Å². The molecular formula is C45H53N11O3S3. The van der Waals surface area contributed by atoms with Crippen LogP contribution in [0.25, 0.3) is 22.9 Å². The molecule has 7 N–H and O–H groups in total. The normalized spacial score (nSPS) is 12.2. The minimum Gasteiger partial charge on any atom is -0.397 e. The average Bonchev–Trinajstić information content (AvgIpc) is 3.26. The van der Waals surface area contributed by atoms with E-state index in [-0.39, 0.29) is 16.5 Å². The van der Waals surface area contributed by atoms with Gasteiger partial charge in [0.25, 0.3) is 10.1 Å². The maximum atomic E-state index is 12.4. The number of thiol groups is 1. The second-order valence-electron chi connectivity index (χ2n) is 14.1. The summed E-state index contributed by atoms with van der Waals surface area (Å²) in [7, 11) is -4.57. The lowest BCUT2D eigenvalue weighted by Gasteiger charge is -2.22. The van der Waals surface area contributed by atoms with E-state index in [4.69, 9.17) is 16.5 Å². The molecule has 17 heteroatoms. The first-order valence-corrected chi connectivity index (χ1v) is 23.4. The largest absolute Gasteiger partial charge is 0.397 e. The van der Waals surface area contributed by atoms with Crippen molar-refractivity contribution in [2.75, 3.05) is 63.8 Å². The van der Waals surface area contributed by atoms with Crippen LogP contribution in [0.2, 0.25) is 0 Å². The Bertz CT molecular complexity index is 2820. The van der Waals surface area contributed by atoms with Gasteiger partial charge in [-0.15, -0.1) is 22.9 Å². The van der Waals surface area contributed by atoms with Gasteiger partial charge in [0.15, 0.2) is 5.16 Å². The standard InChI is InChI=1S/C35H44N10O3S2.C10H9NS/c1-6-44(7-2)24-16-18-27(36)29(21-24)37-33-39-34(41-35(40-33)49-10-5)38-30-22-25(45(8-3)9-4)17-19-28(30)42-43-32-26-14-12-11-13-23(26)15-20-31(32)50(46,47)48;11-10-8-4-2-1-3-7(8)5-6-9(10)12/h13-22H,6-12,36H2,1-5H3,(H,46,47,48)(H2,37,38,39,40,41);1-6,12H,11H2. The first-order valence-electron chi connectivity index (χ1n) is 20.5. The summed E-state index contributed by atoms with van der Waals surface area (Å²) in [4.78, 5) is 19.0. The van der Waals surface area contributed by atoms with Crippen LogP contribution >= 0.6 is 24.4 Å². The molecule has 324 valence electrons. The Morgan fingerprint density at radius 2 is 1.39 bits per heavy atom. The van der Waals surface area contributed by atoms with Crippen LogP contribution in [-0.4, -0.2) is 59.9 Å². The van der Waals surface area contributed by atoms with Gasteiger partial charge in [-0.05, 0) is 105 Å². The van der Waals surface area contributed by atoms with Gasteiger partial charge in [-0.25, -0.2) is 0 Å². The van der Waals surface area contributed by atoms with Gasteiger partial charge in [0.1, 0.15) is 16.3 Å². The highest BCUT2D eigenvalue weighted by Gasteiger charge is 2.19. The molecule has 5 aromatic carbocycles. The molecule has 0 radical (unpaired) electrons. The van der Waals surface area contributed by atoms with Crippen LogP contribution < -0.4 is 42.3 Å². The predicted octanol–water partition coefficient (Wildman–Crippen LogP) is 9.47. The number of azo groups is 1. The molecule has 0 atom stereocenters. The number of anilines is 8. The maximum Gasteiger partial charge on any atom is 0.296 e. The molecule has 0 aliphatic heterocycles. The third-order valence-electron chi connectivity index (χ3n) is 10.2. The van der Waals surface area contributed by atoms with E-state index in [9.17, 15) is 13.0 Å². The number of benzene rings is 5. The van der Waals surface area contributed by atoms with Gasteiger partial charge in [-0.3, -0.25) is 4.55 Å². The minimum atomic E-state index is -4.57. The van der Waals surface area contributed by atoms with Crippen LogP contribution in [0.4, 0.5) is 57.4 Å². The van der Waals surface area contributed by atoms with Crippen molar-refractivity contribution in [1.82, 2.24) is 15.0 Å². The first kappa shape index (κ1) is 45.6. The topological polar surface area (TPSA) is 200 Å². The van der Waals surface area contributed by atoms with Gasteiger partial charge in [0.05, 0.1) is 22.7 Å². The smallest absolute Gasteiger partial charge is 0.296 e. The number of aromatic nitrogens is 3. The number of rotatable bonds is 15. The number of fused-ring (bicyclic) bond motifs is 2. The predicted molar refractivity (Wildman–Crippen MR) is 261 cm³/mol. The van der Waals surface area contributed by atoms with Crippen molar-refractivity contribution in [3.8, 4) is 0 Å². The van der Waals surface area contributed by atoms with Gasteiger partial charge in [-0.1, -0.05) is 67.2 Å². The van der Waals surface area contributed by atoms with Gasteiger partial charge in [0, 0.05) is 53.1 Å². The highest BCUT2D eigenvalue weighted by Crippen LogP contribution is 2.35. The van der Waals surface area contributed by atoms with E-state index in [0.29, 0.717) is 39.1 Å². The van der Waals surface area contributed by atoms with Crippen LogP contribution in [0.15, 0.2) is 110 Å². The Kier molecular flexibility index (Phi) is 15.3. The summed E-state index contributed by atoms with van der Waals surface area (Å²) in [6.45, 7) is 13.6. The van der Waals surface area contributed by atoms with Crippen LogP contribution in [0.3, 0.4) is 0 Å². The van der Waals surface area contributed by atoms with Crippen molar-refractivity contribution in [2.45, 2.75) is 62.4 Å². The lowest BCUT2D eigenvalue weighted by molar-refractivity contribution is 0.483. The van der Waals surface area contributed by atoms with Crippen LogP contribution in [-0.2, 0) is 10.1 Å². The van der Waals surface area contributed by atoms with Crippen molar-refractivity contribution in [3.63, 3.8) is 0 Å². The molecule has 1 heterocycles. The van der Waals surface area contributed by atoms with Crippen LogP contribution in [0.1, 0.15) is 47.5 Å². The summed E-state index contributed by atoms with van der Waals surface area (Å²) in [5.74, 6) is 1.32. The molecule has 0 spiro atoms. The lowest BCUT2D eigenvalue weighted by atomic mass is 10.1. The monoisotopic (exact) mass is 891 g/mol. The number of thioether (sulfide) groups is 1. The maximum absolute atomic E-state index is 12.4. The number of hydrogen-bond acceptors (Lipinski definition) is 15. The van der Waals surface area contributed by atoms with Crippen LogP contribution in [0, 0.1) is 0 Å². The van der Waals surface area contributed by atoms with E-state index >= 15 is 0 Å². The number of nitrogen functional groups attached to an aromatic ring is 2. The Morgan fingerprint density at radius 3 is 2.05 bits per heavy atom. The molecule has 1 aromatic heterocycles. The van der Waals surface area contributed by atoms with Crippen LogP contribution in [0.5, 0.6) is 0 Å². The summed E-state index contributed by atoms with van der Waals surface area (Å²) in [6, 6.07) is 26.5. The zero-order valence-corrected chi connectivity index (χ0v) is 38.0. The van der Waals surface area contributed by atoms with Crippen molar-refractivity contribution in [3.05, 3.63) is 95.4 Å². The first-order chi connectivity index (χ1) is 29.9. The fourth-order valence-corrected chi connectivity index (χ4v) is 8.39. The third kappa shape index (κ3) is 10.9. The molecular weight excluding hydrogens is 839 g/mol. The fraction of sp³-hybridized carbons (Fsp3) is 0.267. The summed E-state index contributed by atoms with van der Waals surface area (Å²) < 4.78 is 34.8. The molecule has 7 rings (SSSR count). The fourth-order valence-electron chi connectivity index (χ4n) is 7.00. The Hall–Kier alpha value is -5.88. The van der Waals surface area contributed by atoms with Crippen molar-refractivity contribution in [2.24, 2.45) is 10.2 Å². The van der Waals surface area contributed by atoms with E-state index < -0.39 is 10.1 Å². The van der Waals surface area contributed by atoms with Gasteiger partial charge in [-0.2, -0.15) is 23.4 Å². The molecule has 1 aliphatic carbocycles. The zero-order valence-electron chi connectivity index (χ0n) is 35.5. The highest BCUT2D eigenvalue weighted by atomic mass is 32.2. The Morgan fingerprint density at radius 1 is 0.758 bits per heavy atom. The molecule has 0 saturated carbocycles. The Balaban J connectivity index is 0.000000456. The summed E-state index contributed by atoms with van der Waals surface area (Å²) >= 11 is 5.72. The second-order valence-corrected chi connectivity index (χ2v) is 17.2. The van der Waals surface area contributed by atoms with Gasteiger partial charge < -0.3 is 31.9 Å². The molecule has 0 amide bonds. The summed E-state index contributed by atoms with van der Waals surface area (Å²) in [5.41, 5.74) is 17.2. The van der Waals surface area contributed by atoms with Crippen molar-refractivity contribution in [1.29, 1.82) is 0 Å². The molecule has 14 nitrogen and oxygen atoms in total. The van der Waals surface area contributed by atoms with E-state index in [1.165, 1.54) is 17.8 Å². The highest BCUT2D eigenvalue weighted by molar-refractivity contribution is 7.99. The zero-order chi connectivity index (χ0) is 44.4. The number of nitrogens with zero attached hydrogens (tertiary/aromatic N) is 7. The molecule has 6 aromatic rings. The van der Waals surface area contributed by atoms with E-state index in [2.05, 4.69) is 81.0 Å². The Labute approximate surface area is 372 Å². The molecule has 0 fully saturated rings. The molecule has 0 unspecified atom stereocenters. The van der Waals surface area contributed by atoms with Gasteiger partial charge in [0.2, 0.25) is 11.9 Å². The van der Waals surface area contributed by atoms with E-state index in [1.807, 2.05) is 85.8 Å². The third-order valence-corrected chi connectivity index (χ3v) is 12.2. The average molecular weight is 892 g/mol. The number of hydrogen-bond donors (Lipinski definition) is 6. The minimum absolute atomic E-state index is 0.0810. The summed E-state index contributed by atoms with van der Waals surface area (Å²) in [6.07, 6.45) is 5.47. The lowest BCUT2D eigenvalue weighted by Crippen LogP contribution is -2.28. The van der Waals surface area contributed by atoms with Gasteiger partial charge >= 0.3 is 0 Å². The molecule has 0 bridgehead atoms. The second kappa shape index (κ2) is 20.8. The summed E-state index contributed by atoms with van der Waals surface area (Å²) in [5, 5.41) is 19.8. The van der Waals surface area contributed by atoms with Crippen molar-refractivity contribution < 1.29 is 13.0 Å². The SMILES string of the molecule is CCSc1nc(Nc2cc(N(CC)CC)ccc2N)nc(Nc2cc(N(CC)CC)ccc2N=Nc2c(S(=O)(=O)O)ccc3c2=CCCC=3)n1.Nc1c(S)ccc2ccccc12. The number of nitrogens with two attached hydrogens (primary N) is 2. The van der Waals surface area contributed by atoms with Crippen molar-refractivity contribution >= 4 is 115 Å². The van der Waals surface area contributed by atoms with E-state index in [0.717, 1.165) is 82.7 Å².